The van der Waals surface area contributed by atoms with Gasteiger partial charge in [0.1, 0.15) is 6.04 Å². The van der Waals surface area contributed by atoms with Gasteiger partial charge in [-0.05, 0) is 49.2 Å². The SMILES string of the molecule is Cc1cc(Br)ccc1NC(=O)CC[C@H]1NC(=O)c2ccccc2NC1=O. The predicted octanol–water partition coefficient (Wildman–Crippen LogP) is 3.23. The molecule has 1 aliphatic heterocycles. The summed E-state index contributed by atoms with van der Waals surface area (Å²) in [4.78, 5) is 36.8. The highest BCUT2D eigenvalue weighted by molar-refractivity contribution is 9.10. The molecule has 3 rings (SSSR count). The Bertz CT molecular complexity index is 882. The lowest BCUT2D eigenvalue weighted by molar-refractivity contribution is -0.118. The fraction of sp³-hybridized carbons (Fsp3) is 0.211. The third-order valence-electron chi connectivity index (χ3n) is 4.17. The number of para-hydroxylation sites is 1. The quantitative estimate of drug-likeness (QED) is 0.715. The van der Waals surface area contributed by atoms with E-state index in [2.05, 4.69) is 31.9 Å². The first kappa shape index (κ1) is 18.1. The number of nitrogens with one attached hydrogen (secondary N) is 3. The van der Waals surface area contributed by atoms with Gasteiger partial charge < -0.3 is 16.0 Å². The van der Waals surface area contributed by atoms with Crippen LogP contribution in [0.4, 0.5) is 11.4 Å². The van der Waals surface area contributed by atoms with Crippen molar-refractivity contribution in [3.05, 3.63) is 58.1 Å². The molecular formula is C19H18BrN3O3. The van der Waals surface area contributed by atoms with Crippen molar-refractivity contribution in [3.8, 4) is 0 Å². The first-order chi connectivity index (χ1) is 12.4. The Morgan fingerprint density at radius 2 is 1.96 bits per heavy atom. The third kappa shape index (κ3) is 4.11. The molecule has 0 bridgehead atoms. The van der Waals surface area contributed by atoms with E-state index in [4.69, 9.17) is 0 Å². The van der Waals surface area contributed by atoms with E-state index in [1.165, 1.54) is 0 Å². The monoisotopic (exact) mass is 415 g/mol. The molecule has 0 unspecified atom stereocenters. The van der Waals surface area contributed by atoms with Crippen molar-refractivity contribution in [2.24, 2.45) is 0 Å². The van der Waals surface area contributed by atoms with Crippen molar-refractivity contribution >= 4 is 45.0 Å². The highest BCUT2D eigenvalue weighted by Crippen LogP contribution is 2.21. The highest BCUT2D eigenvalue weighted by Gasteiger charge is 2.27. The molecule has 0 saturated carbocycles. The topological polar surface area (TPSA) is 87.3 Å². The average molecular weight is 416 g/mol. The second-order valence-electron chi connectivity index (χ2n) is 6.11. The summed E-state index contributed by atoms with van der Waals surface area (Å²) in [6.45, 7) is 1.90. The van der Waals surface area contributed by atoms with Gasteiger partial charge in [0.2, 0.25) is 11.8 Å². The first-order valence-electron chi connectivity index (χ1n) is 8.21. The number of carbonyl (C=O) groups excluding carboxylic acids is 3. The Kier molecular flexibility index (Phi) is 5.37. The number of benzene rings is 2. The number of amides is 3. The zero-order valence-corrected chi connectivity index (χ0v) is 15.7. The maximum absolute atomic E-state index is 12.3. The number of halogens is 1. The van der Waals surface area contributed by atoms with E-state index in [0.29, 0.717) is 11.3 Å². The van der Waals surface area contributed by atoms with Crippen LogP contribution in [0.2, 0.25) is 0 Å². The van der Waals surface area contributed by atoms with Gasteiger partial charge in [-0.1, -0.05) is 28.1 Å². The molecule has 3 N–H and O–H groups in total. The highest BCUT2D eigenvalue weighted by atomic mass is 79.9. The Morgan fingerprint density at radius 1 is 1.19 bits per heavy atom. The molecule has 2 aromatic carbocycles. The van der Waals surface area contributed by atoms with E-state index in [1.54, 1.807) is 24.3 Å². The fourth-order valence-electron chi connectivity index (χ4n) is 2.77. The van der Waals surface area contributed by atoms with Gasteiger partial charge in [-0.3, -0.25) is 14.4 Å². The average Bonchev–Trinajstić information content (AvgIpc) is 2.72. The summed E-state index contributed by atoms with van der Waals surface area (Å²) in [5.74, 6) is -0.858. The van der Waals surface area contributed by atoms with Crippen molar-refractivity contribution < 1.29 is 14.4 Å². The van der Waals surface area contributed by atoms with Crippen LogP contribution in [0, 0.1) is 6.92 Å². The van der Waals surface area contributed by atoms with Crippen molar-refractivity contribution in [1.82, 2.24) is 5.32 Å². The number of carbonyl (C=O) groups is 3. The van der Waals surface area contributed by atoms with E-state index in [-0.39, 0.29) is 30.6 Å². The Balaban J connectivity index is 1.61. The molecule has 7 heteroatoms. The number of aryl methyl sites for hydroxylation is 1. The maximum Gasteiger partial charge on any atom is 0.254 e. The normalized spacial score (nSPS) is 16.2. The molecule has 2 aromatic rings. The van der Waals surface area contributed by atoms with Crippen LogP contribution < -0.4 is 16.0 Å². The number of anilines is 2. The number of hydrogen-bond acceptors (Lipinski definition) is 3. The second kappa shape index (κ2) is 7.70. The van der Waals surface area contributed by atoms with E-state index in [9.17, 15) is 14.4 Å². The molecule has 134 valence electrons. The molecule has 0 fully saturated rings. The largest absolute Gasteiger partial charge is 0.340 e. The van der Waals surface area contributed by atoms with Gasteiger partial charge in [-0.25, -0.2) is 0 Å². The van der Waals surface area contributed by atoms with Crippen LogP contribution in [0.5, 0.6) is 0 Å². The van der Waals surface area contributed by atoms with Crippen molar-refractivity contribution in [1.29, 1.82) is 0 Å². The lowest BCUT2D eigenvalue weighted by Crippen LogP contribution is -2.41. The predicted molar refractivity (Wildman–Crippen MR) is 103 cm³/mol. The van der Waals surface area contributed by atoms with E-state index in [0.717, 1.165) is 15.7 Å². The second-order valence-corrected chi connectivity index (χ2v) is 7.02. The molecule has 0 saturated heterocycles. The van der Waals surface area contributed by atoms with Crippen LogP contribution in [0.25, 0.3) is 0 Å². The standard InChI is InChI=1S/C19H18BrN3O3/c1-11-10-12(20)6-7-14(11)21-17(24)9-8-16-19(26)22-15-5-3-2-4-13(15)18(25)23-16/h2-7,10,16H,8-9H2,1H3,(H,21,24)(H,22,26)(H,23,25)/t16-/m1/s1. The molecule has 6 nitrogen and oxygen atoms in total. The molecule has 0 radical (unpaired) electrons. The van der Waals surface area contributed by atoms with Gasteiger partial charge in [0, 0.05) is 16.6 Å². The van der Waals surface area contributed by atoms with Crippen LogP contribution in [0.3, 0.4) is 0 Å². The first-order valence-corrected chi connectivity index (χ1v) is 9.00. The molecule has 1 aliphatic rings. The fourth-order valence-corrected chi connectivity index (χ4v) is 3.25. The Labute approximate surface area is 159 Å². The zero-order chi connectivity index (χ0) is 18.7. The summed E-state index contributed by atoms with van der Waals surface area (Å²) in [6.07, 6.45) is 0.331. The van der Waals surface area contributed by atoms with E-state index < -0.39 is 6.04 Å². The zero-order valence-electron chi connectivity index (χ0n) is 14.1. The summed E-state index contributed by atoms with van der Waals surface area (Å²) in [7, 11) is 0. The molecule has 1 atom stereocenters. The molecular weight excluding hydrogens is 398 g/mol. The van der Waals surface area contributed by atoms with Crippen molar-refractivity contribution in [2.45, 2.75) is 25.8 Å². The van der Waals surface area contributed by atoms with Crippen LogP contribution in [-0.4, -0.2) is 23.8 Å². The molecule has 1 heterocycles. The minimum Gasteiger partial charge on any atom is -0.340 e. The summed E-state index contributed by atoms with van der Waals surface area (Å²) >= 11 is 3.38. The summed E-state index contributed by atoms with van der Waals surface area (Å²) in [6, 6.07) is 11.6. The van der Waals surface area contributed by atoms with Gasteiger partial charge in [0.25, 0.3) is 5.91 Å². The van der Waals surface area contributed by atoms with Gasteiger partial charge >= 0.3 is 0 Å². The third-order valence-corrected chi connectivity index (χ3v) is 4.67. The van der Waals surface area contributed by atoms with Gasteiger partial charge in [0.05, 0.1) is 11.3 Å². The molecule has 3 amide bonds. The summed E-state index contributed by atoms with van der Waals surface area (Å²) in [5, 5.41) is 8.25. The molecule has 26 heavy (non-hydrogen) atoms. The van der Waals surface area contributed by atoms with Crippen LogP contribution in [-0.2, 0) is 9.59 Å². The smallest absolute Gasteiger partial charge is 0.254 e. The van der Waals surface area contributed by atoms with Crippen molar-refractivity contribution in [2.75, 3.05) is 10.6 Å². The Morgan fingerprint density at radius 3 is 2.73 bits per heavy atom. The summed E-state index contributed by atoms with van der Waals surface area (Å²) < 4.78 is 0.936. The lowest BCUT2D eigenvalue weighted by atomic mass is 10.1. The van der Waals surface area contributed by atoms with Gasteiger partial charge in [-0.15, -0.1) is 0 Å². The Hall–Kier alpha value is -2.67. The molecule has 0 aromatic heterocycles. The molecule has 0 spiro atoms. The minimum absolute atomic E-state index is 0.115. The van der Waals surface area contributed by atoms with Crippen LogP contribution in [0.1, 0.15) is 28.8 Å². The number of fused-ring (bicyclic) bond motifs is 1. The van der Waals surface area contributed by atoms with Gasteiger partial charge in [0.15, 0.2) is 0 Å². The van der Waals surface area contributed by atoms with E-state index >= 15 is 0 Å². The number of hydrogen-bond donors (Lipinski definition) is 3. The minimum atomic E-state index is -0.758. The summed E-state index contributed by atoms with van der Waals surface area (Å²) in [5.41, 5.74) is 2.55. The van der Waals surface area contributed by atoms with Crippen LogP contribution >= 0.6 is 15.9 Å². The van der Waals surface area contributed by atoms with Crippen LogP contribution in [0.15, 0.2) is 46.9 Å². The molecule has 0 aliphatic carbocycles. The maximum atomic E-state index is 12.3. The van der Waals surface area contributed by atoms with Crippen molar-refractivity contribution in [3.63, 3.8) is 0 Å². The lowest BCUT2D eigenvalue weighted by Gasteiger charge is -2.15. The van der Waals surface area contributed by atoms with E-state index in [1.807, 2.05) is 25.1 Å². The number of rotatable bonds is 4. The van der Waals surface area contributed by atoms with Gasteiger partial charge in [-0.2, -0.15) is 0 Å².